The van der Waals surface area contributed by atoms with E-state index in [0.29, 0.717) is 11.3 Å². The highest BCUT2D eigenvalue weighted by atomic mass is 32.2. The van der Waals surface area contributed by atoms with Gasteiger partial charge in [0.15, 0.2) is 0 Å². The van der Waals surface area contributed by atoms with Gasteiger partial charge in [-0.05, 0) is 25.0 Å². The van der Waals surface area contributed by atoms with Gasteiger partial charge >= 0.3 is 0 Å². The van der Waals surface area contributed by atoms with Crippen LogP contribution in [0.3, 0.4) is 0 Å². The Kier molecular flexibility index (Phi) is 5.51. The van der Waals surface area contributed by atoms with Crippen molar-refractivity contribution in [1.29, 1.82) is 0 Å². The fraction of sp³-hybridized carbons (Fsp3) is 0.600. The average molecular weight is 267 g/mol. The lowest BCUT2D eigenvalue weighted by Gasteiger charge is -2.24. The maximum atomic E-state index is 13.5. The fourth-order valence-electron chi connectivity index (χ4n) is 2.44. The van der Waals surface area contributed by atoms with Gasteiger partial charge in [-0.3, -0.25) is 0 Å². The molecule has 1 aromatic carbocycles. The monoisotopic (exact) mass is 267 g/mol. The molecular weight excluding hydrogens is 245 g/mol. The van der Waals surface area contributed by atoms with E-state index in [-0.39, 0.29) is 5.82 Å². The molecule has 1 fully saturated rings. The second-order valence-electron chi connectivity index (χ2n) is 5.10. The van der Waals surface area contributed by atoms with Gasteiger partial charge in [-0.15, -0.1) is 11.8 Å². The molecule has 0 saturated heterocycles. The van der Waals surface area contributed by atoms with Gasteiger partial charge in [-0.25, -0.2) is 4.39 Å². The van der Waals surface area contributed by atoms with E-state index in [1.807, 2.05) is 12.1 Å². The molecule has 1 aliphatic rings. The van der Waals surface area contributed by atoms with E-state index >= 15 is 0 Å². The van der Waals surface area contributed by atoms with Crippen LogP contribution >= 0.6 is 11.8 Å². The summed E-state index contributed by atoms with van der Waals surface area (Å²) in [6.45, 7) is 3.12. The topological polar surface area (TPSA) is 12.0 Å². The van der Waals surface area contributed by atoms with E-state index in [0.717, 1.165) is 11.4 Å². The predicted octanol–water partition coefficient (Wildman–Crippen LogP) is 4.23. The summed E-state index contributed by atoms with van der Waals surface area (Å²) in [7, 11) is 0. The zero-order valence-corrected chi connectivity index (χ0v) is 11.8. The first-order valence-corrected chi connectivity index (χ1v) is 7.78. The molecule has 0 radical (unpaired) electrons. The maximum Gasteiger partial charge on any atom is 0.136 e. The minimum Gasteiger partial charge on any atom is -0.313 e. The summed E-state index contributed by atoms with van der Waals surface area (Å²) < 4.78 is 13.5. The van der Waals surface area contributed by atoms with E-state index in [9.17, 15) is 4.39 Å². The zero-order valence-electron chi connectivity index (χ0n) is 11.0. The van der Waals surface area contributed by atoms with Crippen LogP contribution in [0.1, 0.15) is 39.0 Å². The van der Waals surface area contributed by atoms with Crippen LogP contribution in [-0.2, 0) is 0 Å². The molecular formula is C15H22FNS. The van der Waals surface area contributed by atoms with Crippen molar-refractivity contribution < 1.29 is 4.39 Å². The molecule has 18 heavy (non-hydrogen) atoms. The van der Waals surface area contributed by atoms with Crippen LogP contribution in [0.5, 0.6) is 0 Å². The number of halogens is 1. The van der Waals surface area contributed by atoms with Crippen molar-refractivity contribution in [2.75, 3.05) is 6.54 Å². The summed E-state index contributed by atoms with van der Waals surface area (Å²) in [5, 5.41) is 4.02. The van der Waals surface area contributed by atoms with Gasteiger partial charge < -0.3 is 5.32 Å². The van der Waals surface area contributed by atoms with Crippen LogP contribution in [0, 0.1) is 5.82 Å². The molecule has 100 valence electrons. The zero-order chi connectivity index (χ0) is 12.8. The van der Waals surface area contributed by atoms with Crippen molar-refractivity contribution in [2.24, 2.45) is 0 Å². The average Bonchev–Trinajstić information content (AvgIpc) is 2.40. The quantitative estimate of drug-likeness (QED) is 0.801. The molecule has 0 amide bonds. The molecule has 1 N–H and O–H groups in total. The van der Waals surface area contributed by atoms with Gasteiger partial charge in [0, 0.05) is 22.7 Å². The van der Waals surface area contributed by atoms with E-state index in [1.165, 1.54) is 38.2 Å². The lowest BCUT2D eigenvalue weighted by Crippen LogP contribution is -2.35. The van der Waals surface area contributed by atoms with Crippen LogP contribution in [0.4, 0.5) is 4.39 Å². The van der Waals surface area contributed by atoms with Crippen LogP contribution in [0.15, 0.2) is 29.2 Å². The van der Waals surface area contributed by atoms with Crippen molar-refractivity contribution in [2.45, 2.75) is 55.2 Å². The number of rotatable bonds is 5. The smallest absolute Gasteiger partial charge is 0.136 e. The molecule has 1 saturated carbocycles. The highest BCUT2D eigenvalue weighted by Crippen LogP contribution is 2.25. The van der Waals surface area contributed by atoms with Crippen LogP contribution < -0.4 is 5.32 Å². The number of hydrogen-bond donors (Lipinski definition) is 1. The van der Waals surface area contributed by atoms with Crippen LogP contribution in [-0.4, -0.2) is 17.8 Å². The second-order valence-corrected chi connectivity index (χ2v) is 6.58. The summed E-state index contributed by atoms with van der Waals surface area (Å²) in [4.78, 5) is 0.760. The van der Waals surface area contributed by atoms with Gasteiger partial charge in [-0.1, -0.05) is 38.3 Å². The summed E-state index contributed by atoms with van der Waals surface area (Å²) in [6.07, 6.45) is 6.70. The molecule has 2 rings (SSSR count). The Balaban J connectivity index is 1.74. The second kappa shape index (κ2) is 7.15. The summed E-state index contributed by atoms with van der Waals surface area (Å²) in [5.41, 5.74) is 0. The molecule has 0 aromatic heterocycles. The first-order valence-electron chi connectivity index (χ1n) is 6.90. The van der Waals surface area contributed by atoms with Crippen molar-refractivity contribution in [1.82, 2.24) is 5.32 Å². The van der Waals surface area contributed by atoms with Gasteiger partial charge in [0.05, 0.1) is 0 Å². The van der Waals surface area contributed by atoms with Gasteiger partial charge in [0.2, 0.25) is 0 Å². The largest absolute Gasteiger partial charge is 0.313 e. The van der Waals surface area contributed by atoms with E-state index in [2.05, 4.69) is 12.2 Å². The molecule has 3 heteroatoms. The normalized spacial score (nSPS) is 18.8. The highest BCUT2D eigenvalue weighted by molar-refractivity contribution is 8.00. The maximum absolute atomic E-state index is 13.5. The minimum absolute atomic E-state index is 0.105. The Morgan fingerprint density at radius 1 is 1.28 bits per heavy atom. The van der Waals surface area contributed by atoms with Crippen molar-refractivity contribution in [3.8, 4) is 0 Å². The van der Waals surface area contributed by atoms with E-state index in [4.69, 9.17) is 0 Å². The number of nitrogens with one attached hydrogen (secondary N) is 1. The number of thioether (sulfide) groups is 1. The summed E-state index contributed by atoms with van der Waals surface area (Å²) >= 11 is 1.62. The summed E-state index contributed by atoms with van der Waals surface area (Å²) in [6, 6.07) is 7.71. The lowest BCUT2D eigenvalue weighted by molar-refractivity contribution is 0.375. The van der Waals surface area contributed by atoms with Crippen molar-refractivity contribution in [3.05, 3.63) is 30.1 Å². The molecule has 0 aliphatic heterocycles. The Labute approximate surface area is 114 Å². The molecule has 0 bridgehead atoms. The van der Waals surface area contributed by atoms with Crippen LogP contribution in [0.25, 0.3) is 0 Å². The van der Waals surface area contributed by atoms with Crippen molar-refractivity contribution in [3.63, 3.8) is 0 Å². The van der Waals surface area contributed by atoms with Crippen LogP contribution in [0.2, 0.25) is 0 Å². The third-order valence-electron chi connectivity index (χ3n) is 3.46. The Morgan fingerprint density at radius 3 is 2.72 bits per heavy atom. The third kappa shape index (κ3) is 4.29. The molecule has 0 spiro atoms. The van der Waals surface area contributed by atoms with E-state index in [1.54, 1.807) is 17.8 Å². The molecule has 0 heterocycles. The standard InChI is InChI=1S/C15H22FNS/c1-12(11-17-13-7-3-2-4-8-13)18-15-10-6-5-9-14(15)16/h5-6,9-10,12-13,17H,2-4,7-8,11H2,1H3. The van der Waals surface area contributed by atoms with Crippen molar-refractivity contribution >= 4 is 11.8 Å². The SMILES string of the molecule is CC(CNC1CCCCC1)Sc1ccccc1F. The Hall–Kier alpha value is -0.540. The molecule has 1 aromatic rings. The van der Waals surface area contributed by atoms with Gasteiger partial charge in [0.25, 0.3) is 0 Å². The highest BCUT2D eigenvalue weighted by Gasteiger charge is 2.14. The van der Waals surface area contributed by atoms with Gasteiger partial charge in [-0.2, -0.15) is 0 Å². The predicted molar refractivity (Wildman–Crippen MR) is 76.6 cm³/mol. The third-order valence-corrected chi connectivity index (χ3v) is 4.62. The first-order chi connectivity index (χ1) is 8.75. The molecule has 1 nitrogen and oxygen atoms in total. The fourth-order valence-corrected chi connectivity index (χ4v) is 3.39. The minimum atomic E-state index is -0.105. The molecule has 1 atom stereocenters. The molecule has 1 aliphatic carbocycles. The number of hydrogen-bond acceptors (Lipinski definition) is 2. The number of benzene rings is 1. The Morgan fingerprint density at radius 2 is 2.00 bits per heavy atom. The first kappa shape index (κ1) is 13.9. The van der Waals surface area contributed by atoms with Gasteiger partial charge in [0.1, 0.15) is 5.82 Å². The Bertz CT molecular complexity index is 363. The van der Waals surface area contributed by atoms with E-state index < -0.39 is 0 Å². The molecule has 1 unspecified atom stereocenters. The summed E-state index contributed by atoms with van der Waals surface area (Å²) in [5.74, 6) is -0.105. The lowest BCUT2D eigenvalue weighted by atomic mass is 9.95.